The minimum Gasteiger partial charge on any atom is -0.423 e. The summed E-state index contributed by atoms with van der Waals surface area (Å²) in [6, 6.07) is 4.61. The lowest BCUT2D eigenvalue weighted by Gasteiger charge is -2.05. The number of halogens is 2. The first kappa shape index (κ1) is 12.5. The Kier molecular flexibility index (Phi) is 3.59. The monoisotopic (exact) mass is 285 g/mol. The lowest BCUT2D eigenvalue weighted by molar-refractivity contribution is -0.385. The lowest BCUT2D eigenvalue weighted by Crippen LogP contribution is -1.95. The van der Waals surface area contributed by atoms with Gasteiger partial charge in [-0.1, -0.05) is 23.2 Å². The second-order valence-electron chi connectivity index (χ2n) is 3.16. The molecule has 0 radical (unpaired) electrons. The number of aromatic nitrogens is 2. The molecule has 1 aromatic heterocycles. The van der Waals surface area contributed by atoms with E-state index in [2.05, 4.69) is 9.97 Å². The summed E-state index contributed by atoms with van der Waals surface area (Å²) in [7, 11) is 0. The molecule has 0 aliphatic carbocycles. The standard InChI is InChI=1S/C10H5Cl2N3O3/c11-6-1-2-9(8(12)3-6)18-10-13-4-7(5-14-10)15(16)17/h1-5H. The molecular formula is C10H5Cl2N3O3. The van der Waals surface area contributed by atoms with E-state index in [1.807, 2.05) is 0 Å². The fourth-order valence-corrected chi connectivity index (χ4v) is 1.56. The van der Waals surface area contributed by atoms with Crippen LogP contribution >= 0.6 is 23.2 Å². The highest BCUT2D eigenvalue weighted by Gasteiger charge is 2.09. The Morgan fingerprint density at radius 2 is 1.89 bits per heavy atom. The molecule has 0 saturated carbocycles. The van der Waals surface area contributed by atoms with Crippen molar-refractivity contribution in [2.75, 3.05) is 0 Å². The maximum absolute atomic E-state index is 10.4. The summed E-state index contributed by atoms with van der Waals surface area (Å²) in [5.74, 6) is 0.315. The molecule has 8 heteroatoms. The molecule has 0 saturated heterocycles. The van der Waals surface area contributed by atoms with Gasteiger partial charge in [-0.3, -0.25) is 10.1 Å². The quantitative estimate of drug-likeness (QED) is 0.637. The second-order valence-corrected chi connectivity index (χ2v) is 4.00. The van der Waals surface area contributed by atoms with Crippen LogP contribution in [0.15, 0.2) is 30.6 Å². The van der Waals surface area contributed by atoms with Crippen molar-refractivity contribution >= 4 is 28.9 Å². The fourth-order valence-electron chi connectivity index (χ4n) is 1.11. The minimum absolute atomic E-state index is 0.0372. The van der Waals surface area contributed by atoms with Gasteiger partial charge in [0.1, 0.15) is 18.1 Å². The largest absolute Gasteiger partial charge is 0.423 e. The Morgan fingerprint density at radius 1 is 1.22 bits per heavy atom. The smallest absolute Gasteiger partial charge is 0.322 e. The molecule has 92 valence electrons. The Morgan fingerprint density at radius 3 is 2.44 bits per heavy atom. The highest BCUT2D eigenvalue weighted by atomic mass is 35.5. The molecule has 0 aliphatic rings. The first-order chi connectivity index (χ1) is 8.56. The van der Waals surface area contributed by atoms with Crippen LogP contribution < -0.4 is 4.74 Å². The van der Waals surface area contributed by atoms with E-state index in [1.165, 1.54) is 6.07 Å². The first-order valence-corrected chi connectivity index (χ1v) is 5.41. The predicted molar refractivity (Wildman–Crippen MR) is 65.2 cm³/mol. The molecule has 18 heavy (non-hydrogen) atoms. The van der Waals surface area contributed by atoms with Crippen LogP contribution in [0.25, 0.3) is 0 Å². The summed E-state index contributed by atoms with van der Waals surface area (Å²) in [5, 5.41) is 11.2. The van der Waals surface area contributed by atoms with Crippen LogP contribution in [0.3, 0.4) is 0 Å². The van der Waals surface area contributed by atoms with Gasteiger partial charge < -0.3 is 4.74 Å². The van der Waals surface area contributed by atoms with Gasteiger partial charge in [-0.15, -0.1) is 0 Å². The van der Waals surface area contributed by atoms with E-state index in [0.29, 0.717) is 15.8 Å². The van der Waals surface area contributed by atoms with Crippen LogP contribution in [0.2, 0.25) is 10.0 Å². The van der Waals surface area contributed by atoms with Gasteiger partial charge in [-0.05, 0) is 18.2 Å². The van der Waals surface area contributed by atoms with Gasteiger partial charge in [0.25, 0.3) is 0 Å². The van der Waals surface area contributed by atoms with Crippen LogP contribution in [0.5, 0.6) is 11.8 Å². The zero-order valence-corrected chi connectivity index (χ0v) is 10.2. The normalized spacial score (nSPS) is 10.1. The van der Waals surface area contributed by atoms with Gasteiger partial charge in [0.2, 0.25) is 0 Å². The number of ether oxygens (including phenoxy) is 1. The molecule has 0 spiro atoms. The molecule has 0 bridgehead atoms. The Hall–Kier alpha value is -1.92. The van der Waals surface area contributed by atoms with Crippen LogP contribution in [0, 0.1) is 10.1 Å². The fraction of sp³-hybridized carbons (Fsp3) is 0. The number of hydrogen-bond donors (Lipinski definition) is 0. The van der Waals surface area contributed by atoms with E-state index in [-0.39, 0.29) is 11.7 Å². The third kappa shape index (κ3) is 2.85. The Balaban J connectivity index is 2.21. The van der Waals surface area contributed by atoms with Crippen molar-refractivity contribution in [3.63, 3.8) is 0 Å². The molecule has 0 fully saturated rings. The van der Waals surface area contributed by atoms with Gasteiger partial charge in [0.15, 0.2) is 0 Å². The summed E-state index contributed by atoms with van der Waals surface area (Å²) in [5.41, 5.74) is -0.218. The third-order valence-corrected chi connectivity index (χ3v) is 2.45. The van der Waals surface area contributed by atoms with Crippen molar-refractivity contribution < 1.29 is 9.66 Å². The van der Waals surface area contributed by atoms with Gasteiger partial charge in [-0.2, -0.15) is 9.97 Å². The molecule has 0 unspecified atom stereocenters. The SMILES string of the molecule is O=[N+]([O-])c1cnc(Oc2ccc(Cl)cc2Cl)nc1. The molecule has 0 aliphatic heterocycles. The Labute approximate surface area is 111 Å². The van der Waals surface area contributed by atoms with Gasteiger partial charge in [0.05, 0.1) is 9.95 Å². The summed E-state index contributed by atoms with van der Waals surface area (Å²) in [6.45, 7) is 0. The zero-order chi connectivity index (χ0) is 13.1. The molecule has 0 atom stereocenters. The van der Waals surface area contributed by atoms with Crippen molar-refractivity contribution in [3.8, 4) is 11.8 Å². The molecule has 0 amide bonds. The summed E-state index contributed by atoms with van der Waals surface area (Å²) in [6.07, 6.45) is 2.10. The zero-order valence-electron chi connectivity index (χ0n) is 8.71. The molecule has 6 nitrogen and oxygen atoms in total. The molecule has 2 aromatic rings. The van der Waals surface area contributed by atoms with Crippen LogP contribution in [0.1, 0.15) is 0 Å². The van der Waals surface area contributed by atoms with Crippen LogP contribution in [-0.2, 0) is 0 Å². The topological polar surface area (TPSA) is 78.2 Å². The number of rotatable bonds is 3. The summed E-state index contributed by atoms with van der Waals surface area (Å²) in [4.78, 5) is 17.2. The van der Waals surface area contributed by atoms with Crippen LogP contribution in [0.4, 0.5) is 5.69 Å². The van der Waals surface area contributed by atoms with E-state index in [0.717, 1.165) is 12.4 Å². The van der Waals surface area contributed by atoms with Crippen molar-refractivity contribution in [1.29, 1.82) is 0 Å². The maximum Gasteiger partial charge on any atom is 0.322 e. The highest BCUT2D eigenvalue weighted by molar-refractivity contribution is 6.35. The summed E-state index contributed by atoms with van der Waals surface area (Å²) < 4.78 is 5.26. The molecule has 0 N–H and O–H groups in total. The van der Waals surface area contributed by atoms with Crippen molar-refractivity contribution in [1.82, 2.24) is 9.97 Å². The van der Waals surface area contributed by atoms with Gasteiger partial charge in [-0.25, -0.2) is 0 Å². The highest BCUT2D eigenvalue weighted by Crippen LogP contribution is 2.30. The molecule has 1 aromatic carbocycles. The van der Waals surface area contributed by atoms with E-state index < -0.39 is 4.92 Å². The van der Waals surface area contributed by atoms with E-state index in [4.69, 9.17) is 27.9 Å². The third-order valence-electron chi connectivity index (χ3n) is 1.92. The van der Waals surface area contributed by atoms with Gasteiger partial charge >= 0.3 is 11.7 Å². The number of benzene rings is 1. The number of nitro groups is 1. The van der Waals surface area contributed by atoms with E-state index in [1.54, 1.807) is 12.1 Å². The van der Waals surface area contributed by atoms with Crippen molar-refractivity contribution in [3.05, 3.63) is 50.8 Å². The maximum atomic E-state index is 10.4. The van der Waals surface area contributed by atoms with Crippen LogP contribution in [-0.4, -0.2) is 14.9 Å². The van der Waals surface area contributed by atoms with Crippen molar-refractivity contribution in [2.45, 2.75) is 0 Å². The average molecular weight is 286 g/mol. The van der Waals surface area contributed by atoms with Crippen molar-refractivity contribution in [2.24, 2.45) is 0 Å². The minimum atomic E-state index is -0.598. The second kappa shape index (κ2) is 5.16. The van der Waals surface area contributed by atoms with E-state index >= 15 is 0 Å². The molecule has 2 rings (SSSR count). The lowest BCUT2D eigenvalue weighted by atomic mass is 10.3. The summed E-state index contributed by atoms with van der Waals surface area (Å²) >= 11 is 11.6. The average Bonchev–Trinajstić information content (AvgIpc) is 2.33. The number of hydrogen-bond acceptors (Lipinski definition) is 5. The number of nitrogens with zero attached hydrogens (tertiary/aromatic N) is 3. The molecular weight excluding hydrogens is 281 g/mol. The Bertz CT molecular complexity index is 589. The van der Waals surface area contributed by atoms with Gasteiger partial charge in [0, 0.05) is 5.02 Å². The predicted octanol–water partition coefficient (Wildman–Crippen LogP) is 3.48. The first-order valence-electron chi connectivity index (χ1n) is 4.65. The van der Waals surface area contributed by atoms with E-state index in [9.17, 15) is 10.1 Å². The molecule has 1 heterocycles.